The minimum Gasteiger partial charge on any atom is -0.377 e. The zero-order chi connectivity index (χ0) is 13.6. The largest absolute Gasteiger partial charge is 0.377 e. The number of rotatable bonds is 1. The highest BCUT2D eigenvalue weighted by Gasteiger charge is 2.46. The van der Waals surface area contributed by atoms with Crippen LogP contribution in [-0.2, 0) is 4.74 Å². The van der Waals surface area contributed by atoms with Crippen LogP contribution in [0.5, 0.6) is 0 Å². The van der Waals surface area contributed by atoms with Crippen molar-refractivity contribution in [2.75, 3.05) is 26.7 Å². The van der Waals surface area contributed by atoms with E-state index in [1.807, 2.05) is 0 Å². The van der Waals surface area contributed by atoms with E-state index in [2.05, 4.69) is 38.8 Å². The second-order valence-corrected chi connectivity index (χ2v) is 7.28. The maximum atomic E-state index is 6.38. The van der Waals surface area contributed by atoms with E-state index in [4.69, 9.17) is 4.74 Å². The highest BCUT2D eigenvalue weighted by atomic mass is 16.5. The molecular formula is C17H29NO. The summed E-state index contributed by atoms with van der Waals surface area (Å²) in [5, 5.41) is 0. The minimum atomic E-state index is 0.470. The molecule has 0 amide bonds. The number of likely N-dealkylation sites (tertiary alicyclic amines) is 1. The van der Waals surface area contributed by atoms with E-state index >= 15 is 0 Å². The van der Waals surface area contributed by atoms with Crippen molar-refractivity contribution in [1.29, 1.82) is 0 Å². The van der Waals surface area contributed by atoms with Crippen molar-refractivity contribution < 1.29 is 4.74 Å². The first kappa shape index (κ1) is 13.6. The lowest BCUT2D eigenvalue weighted by Gasteiger charge is -2.50. The molecule has 3 rings (SSSR count). The number of fused-ring (bicyclic) bond motifs is 2. The molecule has 2 nitrogen and oxygen atoms in total. The minimum absolute atomic E-state index is 0.470. The predicted molar refractivity (Wildman–Crippen MR) is 79.0 cm³/mol. The fourth-order valence-corrected chi connectivity index (χ4v) is 4.90. The lowest BCUT2D eigenvalue weighted by atomic mass is 9.63. The van der Waals surface area contributed by atoms with Gasteiger partial charge in [0.2, 0.25) is 0 Å². The van der Waals surface area contributed by atoms with Crippen LogP contribution in [0.15, 0.2) is 11.6 Å². The van der Waals surface area contributed by atoms with Gasteiger partial charge in [-0.25, -0.2) is 0 Å². The Labute approximate surface area is 118 Å². The highest BCUT2D eigenvalue weighted by Crippen LogP contribution is 2.47. The van der Waals surface area contributed by atoms with Crippen molar-refractivity contribution in [2.24, 2.45) is 29.6 Å². The number of ether oxygens (including phenoxy) is 1. The van der Waals surface area contributed by atoms with E-state index < -0.39 is 0 Å². The number of hydrogen-bond acceptors (Lipinski definition) is 2. The van der Waals surface area contributed by atoms with Gasteiger partial charge >= 0.3 is 0 Å². The summed E-state index contributed by atoms with van der Waals surface area (Å²) in [6.07, 6.45) is 5.69. The summed E-state index contributed by atoms with van der Waals surface area (Å²) in [5.74, 6) is 3.65. The number of piperidine rings is 1. The van der Waals surface area contributed by atoms with Crippen molar-refractivity contribution >= 4 is 0 Å². The van der Waals surface area contributed by atoms with Crippen LogP contribution in [0, 0.1) is 29.6 Å². The van der Waals surface area contributed by atoms with Gasteiger partial charge in [0.15, 0.2) is 0 Å². The second-order valence-electron chi connectivity index (χ2n) is 7.28. The first-order chi connectivity index (χ1) is 9.08. The lowest BCUT2D eigenvalue weighted by molar-refractivity contribution is -0.124. The molecule has 108 valence electrons. The van der Waals surface area contributed by atoms with Crippen LogP contribution in [0.25, 0.3) is 0 Å². The van der Waals surface area contributed by atoms with E-state index in [9.17, 15) is 0 Å². The average Bonchev–Trinajstić information content (AvgIpc) is 2.35. The molecule has 1 aliphatic carbocycles. The van der Waals surface area contributed by atoms with Crippen LogP contribution >= 0.6 is 0 Å². The molecule has 2 heterocycles. The Morgan fingerprint density at radius 1 is 1.32 bits per heavy atom. The van der Waals surface area contributed by atoms with Crippen LogP contribution in [0.2, 0.25) is 0 Å². The first-order valence-corrected chi connectivity index (χ1v) is 8.06. The molecule has 0 aromatic heterocycles. The van der Waals surface area contributed by atoms with Crippen LogP contribution in [0.3, 0.4) is 0 Å². The van der Waals surface area contributed by atoms with Gasteiger partial charge in [0, 0.05) is 12.5 Å². The Balaban J connectivity index is 1.81. The Hall–Kier alpha value is -0.340. The van der Waals surface area contributed by atoms with Gasteiger partial charge in [-0.2, -0.15) is 0 Å². The highest BCUT2D eigenvalue weighted by molar-refractivity contribution is 5.17. The van der Waals surface area contributed by atoms with Crippen LogP contribution in [-0.4, -0.2) is 37.7 Å². The number of hydrogen-bond donors (Lipinski definition) is 0. The van der Waals surface area contributed by atoms with E-state index in [0.717, 1.165) is 24.4 Å². The summed E-state index contributed by atoms with van der Waals surface area (Å²) in [4.78, 5) is 2.48. The molecule has 2 fully saturated rings. The van der Waals surface area contributed by atoms with Gasteiger partial charge in [0.05, 0.1) is 12.7 Å². The molecule has 6 atom stereocenters. The zero-order valence-electron chi connectivity index (χ0n) is 12.9. The van der Waals surface area contributed by atoms with Crippen molar-refractivity contribution in [2.45, 2.75) is 39.7 Å². The van der Waals surface area contributed by atoms with Crippen LogP contribution < -0.4 is 0 Å². The van der Waals surface area contributed by atoms with Gasteiger partial charge in [0.25, 0.3) is 0 Å². The standard InChI is InChI=1S/C17H29NO/c1-11-8-12(2)16-13(3)15(11)10-19-17(16)14-6-5-7-18(4)9-14/h8,11,13-17H,5-7,9-10H2,1-4H3/t11-,13+,14?,15+,16+,17+/m0/s1. The van der Waals surface area contributed by atoms with E-state index in [1.165, 1.54) is 25.9 Å². The lowest BCUT2D eigenvalue weighted by Crippen LogP contribution is -2.52. The molecule has 1 unspecified atom stereocenters. The normalized spacial score (nSPS) is 47.9. The number of allylic oxidation sites excluding steroid dienone is 1. The van der Waals surface area contributed by atoms with Gasteiger partial charge in [-0.15, -0.1) is 0 Å². The molecular weight excluding hydrogens is 234 g/mol. The van der Waals surface area contributed by atoms with E-state index in [0.29, 0.717) is 17.9 Å². The Kier molecular flexibility index (Phi) is 3.74. The van der Waals surface area contributed by atoms with Gasteiger partial charge in [0.1, 0.15) is 0 Å². The second kappa shape index (κ2) is 5.21. The maximum absolute atomic E-state index is 6.38. The molecule has 2 saturated heterocycles. The van der Waals surface area contributed by atoms with Crippen molar-refractivity contribution in [3.63, 3.8) is 0 Å². The predicted octanol–water partition coefficient (Wildman–Crippen LogP) is 3.19. The van der Waals surface area contributed by atoms with E-state index in [1.54, 1.807) is 5.57 Å². The van der Waals surface area contributed by atoms with Crippen molar-refractivity contribution in [3.05, 3.63) is 11.6 Å². The molecule has 19 heavy (non-hydrogen) atoms. The quantitative estimate of drug-likeness (QED) is 0.674. The SMILES string of the molecule is CC1=C[C@H](C)[C@H]2CO[C@H](C3CCCN(C)C3)[C@H]1[C@@H]2C. The molecule has 0 N–H and O–H groups in total. The molecule has 3 aliphatic rings. The molecule has 0 spiro atoms. The van der Waals surface area contributed by atoms with Crippen LogP contribution in [0.1, 0.15) is 33.6 Å². The third-order valence-electron chi connectivity index (χ3n) is 5.93. The van der Waals surface area contributed by atoms with Crippen LogP contribution in [0.4, 0.5) is 0 Å². The fourth-order valence-electron chi connectivity index (χ4n) is 4.90. The summed E-state index contributed by atoms with van der Waals surface area (Å²) in [6.45, 7) is 10.6. The summed E-state index contributed by atoms with van der Waals surface area (Å²) in [7, 11) is 2.26. The molecule has 2 heteroatoms. The molecule has 2 bridgehead atoms. The monoisotopic (exact) mass is 263 g/mol. The molecule has 2 aliphatic heterocycles. The average molecular weight is 263 g/mol. The topological polar surface area (TPSA) is 12.5 Å². The van der Waals surface area contributed by atoms with Gasteiger partial charge in [-0.05, 0) is 57.0 Å². The molecule has 0 aromatic rings. The van der Waals surface area contributed by atoms with Crippen molar-refractivity contribution in [1.82, 2.24) is 4.90 Å². The third kappa shape index (κ3) is 2.38. The molecule has 0 aromatic carbocycles. The summed E-state index contributed by atoms with van der Waals surface area (Å²) < 4.78 is 6.38. The van der Waals surface area contributed by atoms with Gasteiger partial charge in [-0.3, -0.25) is 0 Å². The van der Waals surface area contributed by atoms with Gasteiger partial charge < -0.3 is 9.64 Å². The Morgan fingerprint density at radius 2 is 2.11 bits per heavy atom. The summed E-state index contributed by atoms with van der Waals surface area (Å²) >= 11 is 0. The summed E-state index contributed by atoms with van der Waals surface area (Å²) in [5.41, 5.74) is 1.59. The summed E-state index contributed by atoms with van der Waals surface area (Å²) in [6, 6.07) is 0. The first-order valence-electron chi connectivity index (χ1n) is 8.06. The number of nitrogens with zero attached hydrogens (tertiary/aromatic N) is 1. The Morgan fingerprint density at radius 3 is 2.84 bits per heavy atom. The molecule has 0 saturated carbocycles. The molecule has 0 radical (unpaired) electrons. The third-order valence-corrected chi connectivity index (χ3v) is 5.93. The van der Waals surface area contributed by atoms with Gasteiger partial charge in [-0.1, -0.05) is 25.5 Å². The van der Waals surface area contributed by atoms with Crippen molar-refractivity contribution in [3.8, 4) is 0 Å². The fraction of sp³-hybridized carbons (Fsp3) is 0.882. The smallest absolute Gasteiger partial charge is 0.0683 e. The maximum Gasteiger partial charge on any atom is 0.0683 e. The zero-order valence-corrected chi connectivity index (χ0v) is 12.9. The Bertz CT molecular complexity index is 364. The van der Waals surface area contributed by atoms with E-state index in [-0.39, 0.29) is 0 Å².